The topological polar surface area (TPSA) is 37.3 Å². The molecule has 14 heavy (non-hydrogen) atoms. The summed E-state index contributed by atoms with van der Waals surface area (Å²) in [6.45, 7) is 6.08. The first-order valence-corrected chi connectivity index (χ1v) is 5.51. The van der Waals surface area contributed by atoms with E-state index < -0.39 is 5.97 Å². The molecule has 0 heterocycles. The Morgan fingerprint density at radius 1 is 1.36 bits per heavy atom. The van der Waals surface area contributed by atoms with Gasteiger partial charge in [0.1, 0.15) is 0 Å². The van der Waals surface area contributed by atoms with E-state index in [9.17, 15) is 4.79 Å². The molecule has 82 valence electrons. The van der Waals surface area contributed by atoms with Crippen LogP contribution in [-0.2, 0) is 4.79 Å². The largest absolute Gasteiger partial charge is 0.478 e. The molecule has 0 aromatic rings. The molecule has 2 nitrogen and oxygen atoms in total. The predicted molar refractivity (Wildman–Crippen MR) is 59.3 cm³/mol. The maximum atomic E-state index is 10.5. The zero-order valence-electron chi connectivity index (χ0n) is 9.55. The molecular weight excluding hydrogens is 176 g/mol. The third-order valence-electron chi connectivity index (χ3n) is 2.76. The van der Waals surface area contributed by atoms with E-state index in [2.05, 4.69) is 13.8 Å². The van der Waals surface area contributed by atoms with Gasteiger partial charge in [0.25, 0.3) is 0 Å². The van der Waals surface area contributed by atoms with Crippen molar-refractivity contribution >= 4 is 5.97 Å². The fourth-order valence-electron chi connectivity index (χ4n) is 1.51. The Hall–Kier alpha value is -0.790. The summed E-state index contributed by atoms with van der Waals surface area (Å²) in [6, 6.07) is 0. The number of hydrogen-bond acceptors (Lipinski definition) is 1. The molecule has 0 aliphatic heterocycles. The van der Waals surface area contributed by atoms with Gasteiger partial charge < -0.3 is 5.11 Å². The molecule has 0 spiro atoms. The first kappa shape index (κ1) is 13.2. The quantitative estimate of drug-likeness (QED) is 0.501. The molecule has 0 radical (unpaired) electrons. The van der Waals surface area contributed by atoms with Gasteiger partial charge in [0.2, 0.25) is 0 Å². The minimum Gasteiger partial charge on any atom is -0.478 e. The molecule has 0 aliphatic carbocycles. The van der Waals surface area contributed by atoms with Gasteiger partial charge >= 0.3 is 5.97 Å². The second-order valence-electron chi connectivity index (χ2n) is 3.81. The van der Waals surface area contributed by atoms with Crippen molar-refractivity contribution in [2.45, 2.75) is 52.9 Å². The fourth-order valence-corrected chi connectivity index (χ4v) is 1.51. The fraction of sp³-hybridized carbons (Fsp3) is 0.750. The molecule has 0 aliphatic rings. The number of aliphatic carboxylic acids is 1. The first-order valence-electron chi connectivity index (χ1n) is 5.51. The average molecular weight is 198 g/mol. The smallest absolute Gasteiger partial charge is 0.330 e. The van der Waals surface area contributed by atoms with Gasteiger partial charge in [0, 0.05) is 5.57 Å². The number of carbonyl (C=O) groups is 1. The van der Waals surface area contributed by atoms with Crippen LogP contribution in [0.15, 0.2) is 11.6 Å². The lowest BCUT2D eigenvalue weighted by molar-refractivity contribution is -0.132. The van der Waals surface area contributed by atoms with Gasteiger partial charge in [0.15, 0.2) is 0 Å². The van der Waals surface area contributed by atoms with Crippen molar-refractivity contribution in [2.24, 2.45) is 5.92 Å². The van der Waals surface area contributed by atoms with Gasteiger partial charge in [-0.25, -0.2) is 4.79 Å². The van der Waals surface area contributed by atoms with E-state index in [4.69, 9.17) is 5.11 Å². The van der Waals surface area contributed by atoms with Gasteiger partial charge in [-0.3, -0.25) is 0 Å². The molecule has 0 bridgehead atoms. The molecule has 0 aromatic carbocycles. The summed E-state index contributed by atoms with van der Waals surface area (Å²) < 4.78 is 0. The average Bonchev–Trinajstić information content (AvgIpc) is 2.17. The number of allylic oxidation sites excluding steroid dienone is 1. The molecule has 0 atom stereocenters. The van der Waals surface area contributed by atoms with Crippen molar-refractivity contribution in [3.63, 3.8) is 0 Å². The Morgan fingerprint density at radius 3 is 2.36 bits per heavy atom. The van der Waals surface area contributed by atoms with Crippen molar-refractivity contribution in [3.05, 3.63) is 11.6 Å². The number of hydrogen-bond donors (Lipinski definition) is 1. The minimum atomic E-state index is -0.799. The highest BCUT2D eigenvalue weighted by atomic mass is 16.4. The summed E-state index contributed by atoms with van der Waals surface area (Å²) in [7, 11) is 0. The molecule has 0 amide bonds. The Labute approximate surface area is 87.0 Å². The summed E-state index contributed by atoms with van der Waals surface area (Å²) >= 11 is 0. The summed E-state index contributed by atoms with van der Waals surface area (Å²) in [5, 5.41) is 8.61. The van der Waals surface area contributed by atoms with Crippen LogP contribution >= 0.6 is 0 Å². The van der Waals surface area contributed by atoms with E-state index >= 15 is 0 Å². The zero-order valence-corrected chi connectivity index (χ0v) is 9.55. The molecule has 0 saturated carbocycles. The molecule has 0 rings (SSSR count). The molecule has 0 saturated heterocycles. The summed E-state index contributed by atoms with van der Waals surface area (Å²) in [4.78, 5) is 10.5. The number of unbranched alkanes of at least 4 members (excludes halogenated alkanes) is 1. The Balaban J connectivity index is 3.64. The van der Waals surface area contributed by atoms with E-state index in [0.29, 0.717) is 5.57 Å². The lowest BCUT2D eigenvalue weighted by Gasteiger charge is -2.10. The monoisotopic (exact) mass is 198 g/mol. The number of carboxylic acids is 1. The Kier molecular flexibility index (Phi) is 7.17. The number of rotatable bonds is 7. The van der Waals surface area contributed by atoms with Gasteiger partial charge in [-0.05, 0) is 25.7 Å². The van der Waals surface area contributed by atoms with Crippen LogP contribution in [0.5, 0.6) is 0 Å². The van der Waals surface area contributed by atoms with Crippen molar-refractivity contribution in [1.29, 1.82) is 0 Å². The van der Waals surface area contributed by atoms with Crippen molar-refractivity contribution in [1.82, 2.24) is 0 Å². The molecule has 0 unspecified atom stereocenters. The van der Waals surface area contributed by atoms with Crippen LogP contribution in [0.2, 0.25) is 0 Å². The van der Waals surface area contributed by atoms with E-state index in [0.717, 1.165) is 18.8 Å². The van der Waals surface area contributed by atoms with Crippen LogP contribution in [-0.4, -0.2) is 11.1 Å². The van der Waals surface area contributed by atoms with Crippen LogP contribution in [0.1, 0.15) is 52.9 Å². The second kappa shape index (κ2) is 7.60. The van der Waals surface area contributed by atoms with Gasteiger partial charge in [-0.2, -0.15) is 0 Å². The standard InChI is InChI=1S/C12H22O2/c1-4-11(5-2)9-7-6-8-10(3)12(13)14/h8,11H,4-7,9H2,1-3H3,(H,13,14). The van der Waals surface area contributed by atoms with Crippen LogP contribution < -0.4 is 0 Å². The van der Waals surface area contributed by atoms with Crippen LogP contribution in [0.3, 0.4) is 0 Å². The SMILES string of the molecule is CCC(CC)CCCC=C(C)C(=O)O. The predicted octanol–water partition coefficient (Wildman–Crippen LogP) is 3.62. The molecule has 2 heteroatoms. The highest BCUT2D eigenvalue weighted by Gasteiger charge is 2.02. The maximum absolute atomic E-state index is 10.5. The molecular formula is C12H22O2. The summed E-state index contributed by atoms with van der Waals surface area (Å²) in [6.07, 6.45) is 7.52. The lowest BCUT2D eigenvalue weighted by atomic mass is 9.96. The van der Waals surface area contributed by atoms with Crippen LogP contribution in [0, 0.1) is 5.92 Å². The van der Waals surface area contributed by atoms with E-state index in [-0.39, 0.29) is 0 Å². The third kappa shape index (κ3) is 5.79. The summed E-state index contributed by atoms with van der Waals surface area (Å²) in [5.41, 5.74) is 0.467. The third-order valence-corrected chi connectivity index (χ3v) is 2.76. The molecule has 1 N–H and O–H groups in total. The second-order valence-corrected chi connectivity index (χ2v) is 3.81. The van der Waals surface area contributed by atoms with Gasteiger partial charge in [0.05, 0.1) is 0 Å². The van der Waals surface area contributed by atoms with Crippen molar-refractivity contribution < 1.29 is 9.90 Å². The number of carboxylic acid groups (broad SMARTS) is 1. The normalized spacial score (nSPS) is 12.1. The minimum absolute atomic E-state index is 0.467. The van der Waals surface area contributed by atoms with Crippen molar-refractivity contribution in [2.75, 3.05) is 0 Å². The highest BCUT2D eigenvalue weighted by molar-refractivity contribution is 5.85. The Bertz CT molecular complexity index is 190. The van der Waals surface area contributed by atoms with E-state index in [1.54, 1.807) is 6.92 Å². The van der Waals surface area contributed by atoms with Gasteiger partial charge in [-0.1, -0.05) is 39.2 Å². The molecule has 0 aromatic heterocycles. The zero-order chi connectivity index (χ0) is 11.0. The first-order chi connectivity index (χ1) is 6.61. The maximum Gasteiger partial charge on any atom is 0.330 e. The van der Waals surface area contributed by atoms with Gasteiger partial charge in [-0.15, -0.1) is 0 Å². The van der Waals surface area contributed by atoms with E-state index in [1.807, 2.05) is 6.08 Å². The van der Waals surface area contributed by atoms with Crippen LogP contribution in [0.25, 0.3) is 0 Å². The lowest BCUT2D eigenvalue weighted by Crippen LogP contribution is -1.97. The Morgan fingerprint density at radius 2 is 1.93 bits per heavy atom. The van der Waals surface area contributed by atoms with Crippen molar-refractivity contribution in [3.8, 4) is 0 Å². The van der Waals surface area contributed by atoms with Crippen LogP contribution in [0.4, 0.5) is 0 Å². The highest BCUT2D eigenvalue weighted by Crippen LogP contribution is 2.16. The molecule has 0 fully saturated rings. The summed E-state index contributed by atoms with van der Waals surface area (Å²) in [5.74, 6) is 0.0149. The van der Waals surface area contributed by atoms with E-state index in [1.165, 1.54) is 19.3 Å².